The molecule has 0 amide bonds. The molecule has 2 aromatic heterocycles. The van der Waals surface area contributed by atoms with E-state index in [1.165, 1.54) is 0 Å². The van der Waals surface area contributed by atoms with Gasteiger partial charge in [-0.15, -0.1) is 0 Å². The maximum absolute atomic E-state index is 6.32. The van der Waals surface area contributed by atoms with Crippen molar-refractivity contribution in [2.24, 2.45) is 0 Å². The van der Waals surface area contributed by atoms with Crippen LogP contribution >= 0.6 is 23.2 Å². The Labute approximate surface area is 134 Å². The fourth-order valence-corrected chi connectivity index (χ4v) is 2.48. The Kier molecular flexibility index (Phi) is 5.58. The number of aromatic nitrogens is 3. The summed E-state index contributed by atoms with van der Waals surface area (Å²) in [6.45, 7) is 1.65. The Morgan fingerprint density at radius 1 is 1.29 bits per heavy atom. The smallest absolute Gasteiger partial charge is 0.0934 e. The van der Waals surface area contributed by atoms with Crippen molar-refractivity contribution < 1.29 is 0 Å². The molecule has 7 heteroatoms. The summed E-state index contributed by atoms with van der Waals surface area (Å²) in [4.78, 5) is 6.48. The molecule has 0 radical (unpaired) electrons. The summed E-state index contributed by atoms with van der Waals surface area (Å²) in [5.41, 5.74) is 1.77. The van der Waals surface area contributed by atoms with Crippen molar-refractivity contribution >= 4 is 23.2 Å². The molecule has 0 aliphatic heterocycles. The normalized spacial score (nSPS) is 12.9. The van der Waals surface area contributed by atoms with Crippen molar-refractivity contribution in [1.82, 2.24) is 25.0 Å². The lowest BCUT2D eigenvalue weighted by Gasteiger charge is -2.19. The van der Waals surface area contributed by atoms with Crippen LogP contribution in [0.1, 0.15) is 17.4 Å². The molecule has 2 aromatic rings. The summed E-state index contributed by atoms with van der Waals surface area (Å²) in [6.07, 6.45) is 3.31. The molecule has 2 heterocycles. The SMILES string of the molecule is CNC(c1ccc(Cl)cn1)c1c(Cl)cnn1CCN(C)C. The molecule has 114 valence electrons. The van der Waals surface area contributed by atoms with Crippen molar-refractivity contribution in [1.29, 1.82) is 0 Å². The quantitative estimate of drug-likeness (QED) is 0.885. The van der Waals surface area contributed by atoms with Crippen LogP contribution in [0.2, 0.25) is 10.0 Å². The number of nitrogens with one attached hydrogen (secondary N) is 1. The predicted molar refractivity (Wildman–Crippen MR) is 85.9 cm³/mol. The van der Waals surface area contributed by atoms with Gasteiger partial charge in [-0.25, -0.2) is 0 Å². The van der Waals surface area contributed by atoms with Crippen molar-refractivity contribution in [2.75, 3.05) is 27.7 Å². The predicted octanol–water partition coefficient (Wildman–Crippen LogP) is 2.46. The highest BCUT2D eigenvalue weighted by Crippen LogP contribution is 2.27. The first kappa shape index (κ1) is 16.2. The molecule has 0 saturated heterocycles. The van der Waals surface area contributed by atoms with Crippen molar-refractivity contribution in [3.8, 4) is 0 Å². The highest BCUT2D eigenvalue weighted by molar-refractivity contribution is 6.31. The van der Waals surface area contributed by atoms with Gasteiger partial charge in [-0.3, -0.25) is 9.67 Å². The van der Waals surface area contributed by atoms with Gasteiger partial charge in [0.05, 0.1) is 40.2 Å². The minimum Gasteiger partial charge on any atom is -0.308 e. The molecular weight excluding hydrogens is 309 g/mol. The molecule has 1 unspecified atom stereocenters. The molecule has 1 atom stereocenters. The lowest BCUT2D eigenvalue weighted by atomic mass is 10.1. The first-order valence-corrected chi connectivity index (χ1v) is 7.43. The number of nitrogens with zero attached hydrogens (tertiary/aromatic N) is 4. The first-order chi connectivity index (χ1) is 10.0. The van der Waals surface area contributed by atoms with Crippen molar-refractivity contribution in [3.05, 3.63) is 46.0 Å². The number of hydrogen-bond donors (Lipinski definition) is 1. The van der Waals surface area contributed by atoms with Crippen molar-refractivity contribution in [2.45, 2.75) is 12.6 Å². The minimum absolute atomic E-state index is 0.126. The molecule has 0 aliphatic rings. The van der Waals surface area contributed by atoms with Gasteiger partial charge in [0.1, 0.15) is 0 Å². The molecule has 0 aromatic carbocycles. The third-order valence-electron chi connectivity index (χ3n) is 3.20. The van der Waals surface area contributed by atoms with Crippen LogP contribution in [-0.4, -0.2) is 47.4 Å². The van der Waals surface area contributed by atoms with Gasteiger partial charge in [0.2, 0.25) is 0 Å². The molecule has 0 aliphatic carbocycles. The highest BCUT2D eigenvalue weighted by Gasteiger charge is 2.21. The van der Waals surface area contributed by atoms with Gasteiger partial charge in [-0.1, -0.05) is 23.2 Å². The van der Waals surface area contributed by atoms with Crippen LogP contribution in [0.3, 0.4) is 0 Å². The Bertz CT molecular complexity index is 580. The van der Waals surface area contributed by atoms with E-state index < -0.39 is 0 Å². The molecule has 0 fully saturated rings. The van der Waals surface area contributed by atoms with E-state index in [4.69, 9.17) is 23.2 Å². The lowest BCUT2D eigenvalue weighted by Crippen LogP contribution is -2.26. The number of likely N-dealkylation sites (N-methyl/N-ethyl adjacent to an activating group) is 1. The maximum Gasteiger partial charge on any atom is 0.0934 e. The molecule has 2 rings (SSSR count). The number of halogens is 2. The summed E-state index contributed by atoms with van der Waals surface area (Å²) < 4.78 is 1.92. The standard InChI is InChI=1S/C14H19Cl2N5/c1-17-13(12-5-4-10(15)8-18-12)14-11(16)9-19-21(14)7-6-20(2)3/h4-5,8-9,13,17H,6-7H2,1-3H3. The second-order valence-electron chi connectivity index (χ2n) is 5.03. The molecule has 0 spiro atoms. The van der Waals surface area contributed by atoms with Gasteiger partial charge in [0.25, 0.3) is 0 Å². The zero-order valence-corrected chi connectivity index (χ0v) is 13.9. The Balaban J connectivity index is 2.33. The average Bonchev–Trinajstić information content (AvgIpc) is 2.81. The summed E-state index contributed by atoms with van der Waals surface area (Å²) in [5.74, 6) is 0. The number of rotatable bonds is 6. The molecule has 0 saturated carbocycles. The first-order valence-electron chi connectivity index (χ1n) is 6.67. The fourth-order valence-electron chi connectivity index (χ4n) is 2.11. The van der Waals surface area contributed by atoms with Gasteiger partial charge in [0, 0.05) is 12.7 Å². The van der Waals surface area contributed by atoms with Crippen molar-refractivity contribution in [3.63, 3.8) is 0 Å². The molecular formula is C14H19Cl2N5. The average molecular weight is 328 g/mol. The zero-order valence-electron chi connectivity index (χ0n) is 12.3. The van der Waals surface area contributed by atoms with Crippen LogP contribution in [-0.2, 0) is 6.54 Å². The van der Waals surface area contributed by atoms with Gasteiger partial charge in [-0.2, -0.15) is 5.10 Å². The van der Waals surface area contributed by atoms with Crippen LogP contribution in [0, 0.1) is 0 Å². The van der Waals surface area contributed by atoms with E-state index in [1.807, 2.05) is 38.0 Å². The maximum atomic E-state index is 6.32. The zero-order chi connectivity index (χ0) is 15.4. The van der Waals surface area contributed by atoms with E-state index in [1.54, 1.807) is 12.4 Å². The topological polar surface area (TPSA) is 46.0 Å². The summed E-state index contributed by atoms with van der Waals surface area (Å²) >= 11 is 12.2. The Hall–Kier alpha value is -1.14. The van der Waals surface area contributed by atoms with Gasteiger partial charge >= 0.3 is 0 Å². The van der Waals surface area contributed by atoms with Gasteiger partial charge in [-0.05, 0) is 33.3 Å². The molecule has 0 bridgehead atoms. The number of hydrogen-bond acceptors (Lipinski definition) is 4. The monoisotopic (exact) mass is 327 g/mol. The van der Waals surface area contributed by atoms with Crippen LogP contribution in [0.25, 0.3) is 0 Å². The minimum atomic E-state index is -0.126. The molecule has 5 nitrogen and oxygen atoms in total. The van der Waals surface area contributed by atoms with Crippen LogP contribution in [0.4, 0.5) is 0 Å². The van der Waals surface area contributed by atoms with Crippen LogP contribution < -0.4 is 5.32 Å². The Morgan fingerprint density at radius 3 is 2.62 bits per heavy atom. The van der Waals surface area contributed by atoms with E-state index in [9.17, 15) is 0 Å². The lowest BCUT2D eigenvalue weighted by molar-refractivity contribution is 0.366. The fraction of sp³-hybridized carbons (Fsp3) is 0.429. The summed E-state index contributed by atoms with van der Waals surface area (Å²) in [7, 11) is 5.93. The second-order valence-corrected chi connectivity index (χ2v) is 5.87. The Morgan fingerprint density at radius 2 is 2.05 bits per heavy atom. The van der Waals surface area contributed by atoms with Gasteiger partial charge < -0.3 is 10.2 Å². The largest absolute Gasteiger partial charge is 0.308 e. The molecule has 1 N–H and O–H groups in total. The highest BCUT2D eigenvalue weighted by atomic mass is 35.5. The van der Waals surface area contributed by atoms with E-state index in [0.29, 0.717) is 10.0 Å². The third-order valence-corrected chi connectivity index (χ3v) is 3.72. The van der Waals surface area contributed by atoms with E-state index in [-0.39, 0.29) is 6.04 Å². The second kappa shape index (κ2) is 7.22. The van der Waals surface area contributed by atoms with E-state index >= 15 is 0 Å². The van der Waals surface area contributed by atoms with Crippen LogP contribution in [0.5, 0.6) is 0 Å². The third kappa shape index (κ3) is 3.95. The summed E-state index contributed by atoms with van der Waals surface area (Å²) in [5, 5.41) is 8.85. The van der Waals surface area contributed by atoms with E-state index in [2.05, 4.69) is 20.3 Å². The molecule has 21 heavy (non-hydrogen) atoms. The van der Waals surface area contributed by atoms with Gasteiger partial charge in [0.15, 0.2) is 0 Å². The van der Waals surface area contributed by atoms with E-state index in [0.717, 1.165) is 24.5 Å². The van der Waals surface area contributed by atoms with Crippen LogP contribution in [0.15, 0.2) is 24.5 Å². The summed E-state index contributed by atoms with van der Waals surface area (Å²) in [6, 6.07) is 3.59. The number of pyridine rings is 1.